The average molecular weight is 375 g/mol. The van der Waals surface area contributed by atoms with E-state index < -0.39 is 5.82 Å². The Hall–Kier alpha value is -2.44. The van der Waals surface area contributed by atoms with Crippen LogP contribution in [0, 0.1) is 5.82 Å². The number of halogens is 2. The van der Waals surface area contributed by atoms with Gasteiger partial charge in [-0.15, -0.1) is 0 Å². The third-order valence-corrected chi connectivity index (χ3v) is 4.80. The van der Waals surface area contributed by atoms with Crippen molar-refractivity contribution < 1.29 is 18.4 Å². The number of rotatable bonds is 3. The normalized spacial score (nSPS) is 17.6. The van der Waals surface area contributed by atoms with Gasteiger partial charge in [0.1, 0.15) is 17.6 Å². The molecule has 0 saturated carbocycles. The molecule has 134 valence electrons. The molecule has 1 fully saturated rings. The molecule has 0 aliphatic carbocycles. The lowest BCUT2D eigenvalue weighted by Crippen LogP contribution is -2.43. The van der Waals surface area contributed by atoms with Crippen LogP contribution in [0.3, 0.4) is 0 Å². The standard InChI is InChI=1S/C19H16ClFN2O3/c20-14-9-12(5-6-15(14)21)18-11-23(7-8-25-18)19(24)10-16-13-3-1-2-4-17(13)26-22-16/h1-6,9,18H,7-8,10-11H2. The number of morpholine rings is 1. The van der Waals surface area contributed by atoms with Crippen LogP contribution in [0.2, 0.25) is 5.02 Å². The number of hydrogen-bond donors (Lipinski definition) is 0. The Kier molecular flexibility index (Phi) is 4.61. The fraction of sp³-hybridized carbons (Fsp3) is 0.263. The molecule has 1 aliphatic heterocycles. The van der Waals surface area contributed by atoms with E-state index in [9.17, 15) is 9.18 Å². The van der Waals surface area contributed by atoms with Crippen molar-refractivity contribution in [2.24, 2.45) is 0 Å². The van der Waals surface area contributed by atoms with Crippen molar-refractivity contribution in [3.8, 4) is 0 Å². The highest BCUT2D eigenvalue weighted by Gasteiger charge is 2.27. The van der Waals surface area contributed by atoms with Gasteiger partial charge in [0.2, 0.25) is 5.91 Å². The first-order valence-corrected chi connectivity index (χ1v) is 8.67. The molecule has 1 atom stereocenters. The minimum Gasteiger partial charge on any atom is -0.370 e. The number of carbonyl (C=O) groups excluding carboxylic acids is 1. The number of aromatic nitrogens is 1. The number of carbonyl (C=O) groups is 1. The van der Waals surface area contributed by atoms with Crippen LogP contribution in [-0.2, 0) is 16.0 Å². The summed E-state index contributed by atoms with van der Waals surface area (Å²) in [4.78, 5) is 14.4. The zero-order valence-electron chi connectivity index (χ0n) is 13.8. The first kappa shape index (κ1) is 17.0. The summed E-state index contributed by atoms with van der Waals surface area (Å²) < 4.78 is 24.3. The van der Waals surface area contributed by atoms with Crippen LogP contribution in [0.25, 0.3) is 11.0 Å². The zero-order chi connectivity index (χ0) is 18.1. The second-order valence-corrected chi connectivity index (χ2v) is 6.58. The molecule has 3 aromatic rings. The lowest BCUT2D eigenvalue weighted by atomic mass is 10.1. The Balaban J connectivity index is 1.48. The first-order valence-electron chi connectivity index (χ1n) is 8.29. The van der Waals surface area contributed by atoms with Crippen LogP contribution in [0.1, 0.15) is 17.4 Å². The number of para-hydroxylation sites is 1. The van der Waals surface area contributed by atoms with E-state index in [1.165, 1.54) is 6.07 Å². The highest BCUT2D eigenvalue weighted by Crippen LogP contribution is 2.27. The molecule has 1 unspecified atom stereocenters. The maximum Gasteiger partial charge on any atom is 0.228 e. The summed E-state index contributed by atoms with van der Waals surface area (Å²) in [5, 5.41) is 4.90. The van der Waals surface area contributed by atoms with Crippen molar-refractivity contribution in [3.63, 3.8) is 0 Å². The Morgan fingerprint density at radius 2 is 2.15 bits per heavy atom. The quantitative estimate of drug-likeness (QED) is 0.700. The second kappa shape index (κ2) is 7.05. The van der Waals surface area contributed by atoms with E-state index in [-0.39, 0.29) is 23.5 Å². The summed E-state index contributed by atoms with van der Waals surface area (Å²) in [7, 11) is 0. The van der Waals surface area contributed by atoms with E-state index in [0.29, 0.717) is 31.0 Å². The summed E-state index contributed by atoms with van der Waals surface area (Å²) >= 11 is 5.85. The molecule has 5 nitrogen and oxygen atoms in total. The monoisotopic (exact) mass is 374 g/mol. The molecule has 1 saturated heterocycles. The van der Waals surface area contributed by atoms with Gasteiger partial charge in [-0.05, 0) is 29.8 Å². The van der Waals surface area contributed by atoms with Crippen molar-refractivity contribution in [1.82, 2.24) is 10.1 Å². The van der Waals surface area contributed by atoms with E-state index in [2.05, 4.69) is 5.16 Å². The van der Waals surface area contributed by atoms with Crippen molar-refractivity contribution >= 4 is 28.5 Å². The van der Waals surface area contributed by atoms with Crippen LogP contribution >= 0.6 is 11.6 Å². The summed E-state index contributed by atoms with van der Waals surface area (Å²) in [6.07, 6.45) is -0.173. The SMILES string of the molecule is O=C(Cc1noc2ccccc12)N1CCOC(c2ccc(F)c(Cl)c2)C1. The highest BCUT2D eigenvalue weighted by molar-refractivity contribution is 6.30. The summed E-state index contributed by atoms with van der Waals surface area (Å²) in [6, 6.07) is 11.9. The number of ether oxygens (including phenoxy) is 1. The van der Waals surface area contributed by atoms with E-state index in [4.69, 9.17) is 20.9 Å². The van der Waals surface area contributed by atoms with Gasteiger partial charge in [0.25, 0.3) is 0 Å². The molecule has 2 aromatic carbocycles. The lowest BCUT2D eigenvalue weighted by Gasteiger charge is -2.33. The minimum atomic E-state index is -0.475. The summed E-state index contributed by atoms with van der Waals surface area (Å²) in [5.74, 6) is -0.525. The molecule has 0 N–H and O–H groups in total. The van der Waals surface area contributed by atoms with Crippen molar-refractivity contribution in [1.29, 1.82) is 0 Å². The number of benzene rings is 2. The number of fused-ring (bicyclic) bond motifs is 1. The predicted octanol–water partition coefficient (Wildman–Crippen LogP) is 3.76. The van der Waals surface area contributed by atoms with Gasteiger partial charge in [0.05, 0.1) is 24.6 Å². The van der Waals surface area contributed by atoms with Gasteiger partial charge in [0, 0.05) is 11.9 Å². The van der Waals surface area contributed by atoms with Gasteiger partial charge < -0.3 is 14.2 Å². The van der Waals surface area contributed by atoms with Gasteiger partial charge in [-0.1, -0.05) is 35.0 Å². The molecule has 1 amide bonds. The molecule has 4 rings (SSSR count). The number of amides is 1. The molecule has 2 heterocycles. The Bertz CT molecular complexity index is 959. The molecule has 1 aliphatic rings. The van der Waals surface area contributed by atoms with E-state index in [1.807, 2.05) is 24.3 Å². The Morgan fingerprint density at radius 3 is 3.00 bits per heavy atom. The van der Waals surface area contributed by atoms with Crippen LogP contribution in [-0.4, -0.2) is 35.7 Å². The summed E-state index contributed by atoms with van der Waals surface area (Å²) in [6.45, 7) is 1.29. The molecular formula is C19H16ClFN2O3. The van der Waals surface area contributed by atoms with E-state index >= 15 is 0 Å². The molecule has 7 heteroatoms. The maximum atomic E-state index is 13.4. The summed E-state index contributed by atoms with van der Waals surface area (Å²) in [5.41, 5.74) is 2.04. The van der Waals surface area contributed by atoms with Crippen LogP contribution in [0.5, 0.6) is 0 Å². The fourth-order valence-corrected chi connectivity index (χ4v) is 3.30. The second-order valence-electron chi connectivity index (χ2n) is 6.17. The Morgan fingerprint density at radius 1 is 1.31 bits per heavy atom. The van der Waals surface area contributed by atoms with Gasteiger partial charge in [-0.3, -0.25) is 4.79 Å². The Labute approximate surface area is 154 Å². The highest BCUT2D eigenvalue weighted by atomic mass is 35.5. The molecule has 1 aromatic heterocycles. The number of hydrogen-bond acceptors (Lipinski definition) is 4. The van der Waals surface area contributed by atoms with Crippen molar-refractivity contribution in [2.45, 2.75) is 12.5 Å². The zero-order valence-corrected chi connectivity index (χ0v) is 14.6. The molecule has 0 spiro atoms. The third kappa shape index (κ3) is 3.30. The van der Waals surface area contributed by atoms with Crippen LogP contribution in [0.4, 0.5) is 4.39 Å². The minimum absolute atomic E-state index is 0.0450. The smallest absolute Gasteiger partial charge is 0.228 e. The van der Waals surface area contributed by atoms with Crippen LogP contribution < -0.4 is 0 Å². The first-order chi connectivity index (χ1) is 12.6. The lowest BCUT2D eigenvalue weighted by molar-refractivity contribution is -0.138. The van der Waals surface area contributed by atoms with E-state index in [1.54, 1.807) is 17.0 Å². The van der Waals surface area contributed by atoms with Gasteiger partial charge in [-0.2, -0.15) is 0 Å². The largest absolute Gasteiger partial charge is 0.370 e. The van der Waals surface area contributed by atoms with Crippen molar-refractivity contribution in [3.05, 3.63) is 64.6 Å². The van der Waals surface area contributed by atoms with Crippen molar-refractivity contribution in [2.75, 3.05) is 19.7 Å². The molecular weight excluding hydrogens is 359 g/mol. The average Bonchev–Trinajstić information content (AvgIpc) is 3.07. The van der Waals surface area contributed by atoms with Gasteiger partial charge >= 0.3 is 0 Å². The molecule has 26 heavy (non-hydrogen) atoms. The number of nitrogens with zero attached hydrogens (tertiary/aromatic N) is 2. The van der Waals surface area contributed by atoms with Gasteiger partial charge in [0.15, 0.2) is 5.58 Å². The molecule has 0 radical (unpaired) electrons. The van der Waals surface area contributed by atoms with Crippen LogP contribution in [0.15, 0.2) is 47.0 Å². The molecule has 0 bridgehead atoms. The topological polar surface area (TPSA) is 55.6 Å². The van der Waals surface area contributed by atoms with Gasteiger partial charge in [-0.25, -0.2) is 4.39 Å². The third-order valence-electron chi connectivity index (χ3n) is 4.51. The van der Waals surface area contributed by atoms with E-state index in [0.717, 1.165) is 10.9 Å². The predicted molar refractivity (Wildman–Crippen MR) is 94.4 cm³/mol. The fourth-order valence-electron chi connectivity index (χ4n) is 3.11. The maximum absolute atomic E-state index is 13.4.